The van der Waals surface area contributed by atoms with Gasteiger partial charge in [-0.3, -0.25) is 10.1 Å². The van der Waals surface area contributed by atoms with Crippen LogP contribution in [-0.2, 0) is 6.54 Å². The van der Waals surface area contributed by atoms with Crippen molar-refractivity contribution in [3.8, 4) is 6.01 Å². The largest absolute Gasteiger partial charge is 0.461 e. The second-order valence-electron chi connectivity index (χ2n) is 4.63. The van der Waals surface area contributed by atoms with Gasteiger partial charge in [-0.05, 0) is 26.3 Å². The molecule has 0 radical (unpaired) electrons. The Morgan fingerprint density at radius 3 is 2.76 bits per heavy atom. The molecule has 0 aromatic carbocycles. The summed E-state index contributed by atoms with van der Waals surface area (Å²) in [5, 5.41) is 7.25. The SMILES string of the molecule is CC(C)Oc1nc(NN)nc(NCCCn2cccn2)n1. The summed E-state index contributed by atoms with van der Waals surface area (Å²) in [5.74, 6) is 6.02. The number of anilines is 2. The monoisotopic (exact) mass is 292 g/mol. The molecule has 0 aliphatic heterocycles. The quantitative estimate of drug-likeness (QED) is 0.369. The molecular formula is C12H20N8O. The number of nitrogens with one attached hydrogen (secondary N) is 2. The standard InChI is InChI=1S/C12H20N8O/c1-9(2)21-12-17-10(16-11(18-12)19-13)14-5-3-7-20-8-4-6-15-20/h4,6,8-9H,3,5,7,13H2,1-2H3,(H2,14,16,17,18,19). The van der Waals surface area contributed by atoms with Crippen molar-refractivity contribution in [1.82, 2.24) is 24.7 Å². The number of nitrogens with two attached hydrogens (primary N) is 1. The van der Waals surface area contributed by atoms with E-state index in [-0.39, 0.29) is 18.1 Å². The van der Waals surface area contributed by atoms with Gasteiger partial charge in [0.05, 0.1) is 6.10 Å². The van der Waals surface area contributed by atoms with Gasteiger partial charge in [0, 0.05) is 25.5 Å². The average molecular weight is 292 g/mol. The fraction of sp³-hybridized carbons (Fsp3) is 0.500. The van der Waals surface area contributed by atoms with Gasteiger partial charge in [-0.25, -0.2) is 5.84 Å². The Bertz CT molecular complexity index is 542. The summed E-state index contributed by atoms with van der Waals surface area (Å²) in [6, 6.07) is 2.14. The van der Waals surface area contributed by atoms with Gasteiger partial charge >= 0.3 is 6.01 Å². The highest BCUT2D eigenvalue weighted by Gasteiger charge is 2.08. The zero-order chi connectivity index (χ0) is 15.1. The van der Waals surface area contributed by atoms with Gasteiger partial charge in [0.1, 0.15) is 0 Å². The van der Waals surface area contributed by atoms with E-state index in [1.807, 2.05) is 30.8 Å². The lowest BCUT2D eigenvalue weighted by atomic mass is 10.4. The fourth-order valence-corrected chi connectivity index (χ4v) is 1.64. The van der Waals surface area contributed by atoms with Gasteiger partial charge in [0.25, 0.3) is 0 Å². The van der Waals surface area contributed by atoms with Crippen molar-refractivity contribution in [2.75, 3.05) is 17.3 Å². The van der Waals surface area contributed by atoms with E-state index in [0.29, 0.717) is 12.5 Å². The Morgan fingerprint density at radius 1 is 1.29 bits per heavy atom. The molecule has 0 atom stereocenters. The number of hydrogen-bond acceptors (Lipinski definition) is 8. The van der Waals surface area contributed by atoms with Crippen LogP contribution in [0.5, 0.6) is 6.01 Å². The van der Waals surface area contributed by atoms with Gasteiger partial charge in [-0.2, -0.15) is 20.1 Å². The zero-order valence-electron chi connectivity index (χ0n) is 12.2. The number of ether oxygens (including phenoxy) is 1. The number of aryl methyl sites for hydroxylation is 1. The molecule has 2 heterocycles. The van der Waals surface area contributed by atoms with Crippen LogP contribution < -0.4 is 21.3 Å². The lowest BCUT2D eigenvalue weighted by Gasteiger charge is -2.11. The van der Waals surface area contributed by atoms with Crippen LogP contribution in [-0.4, -0.2) is 37.4 Å². The van der Waals surface area contributed by atoms with Crippen LogP contribution in [0.25, 0.3) is 0 Å². The van der Waals surface area contributed by atoms with Crippen LogP contribution in [0.15, 0.2) is 18.5 Å². The molecule has 0 amide bonds. The second-order valence-corrected chi connectivity index (χ2v) is 4.63. The minimum absolute atomic E-state index is 0.0225. The van der Waals surface area contributed by atoms with Gasteiger partial charge in [0.15, 0.2) is 0 Å². The summed E-state index contributed by atoms with van der Waals surface area (Å²) >= 11 is 0. The van der Waals surface area contributed by atoms with Crippen molar-refractivity contribution in [3.05, 3.63) is 18.5 Å². The molecule has 0 aliphatic rings. The van der Waals surface area contributed by atoms with E-state index in [2.05, 4.69) is 30.8 Å². The predicted octanol–water partition coefficient (Wildman–Crippen LogP) is 0.643. The summed E-state index contributed by atoms with van der Waals surface area (Å²) < 4.78 is 7.32. The highest BCUT2D eigenvalue weighted by Crippen LogP contribution is 2.11. The number of nitrogens with zero attached hydrogens (tertiary/aromatic N) is 5. The average Bonchev–Trinajstić information content (AvgIpc) is 2.96. The Hall–Kier alpha value is -2.42. The topological polar surface area (TPSA) is 116 Å². The van der Waals surface area contributed by atoms with Crippen LogP contribution in [0, 0.1) is 0 Å². The molecule has 9 heteroatoms. The first-order chi connectivity index (χ1) is 10.2. The van der Waals surface area contributed by atoms with E-state index >= 15 is 0 Å². The molecule has 2 aromatic heterocycles. The molecule has 114 valence electrons. The predicted molar refractivity (Wildman–Crippen MR) is 78.7 cm³/mol. The molecule has 9 nitrogen and oxygen atoms in total. The zero-order valence-corrected chi connectivity index (χ0v) is 12.2. The molecular weight excluding hydrogens is 272 g/mol. The normalized spacial score (nSPS) is 10.7. The molecule has 0 bridgehead atoms. The molecule has 0 spiro atoms. The van der Waals surface area contributed by atoms with Crippen molar-refractivity contribution < 1.29 is 4.74 Å². The van der Waals surface area contributed by atoms with Gasteiger partial charge in [-0.15, -0.1) is 0 Å². The highest BCUT2D eigenvalue weighted by atomic mass is 16.5. The smallest absolute Gasteiger partial charge is 0.323 e. The Balaban J connectivity index is 1.89. The van der Waals surface area contributed by atoms with Crippen molar-refractivity contribution >= 4 is 11.9 Å². The van der Waals surface area contributed by atoms with Gasteiger partial charge < -0.3 is 10.1 Å². The Morgan fingerprint density at radius 2 is 2.10 bits per heavy atom. The van der Waals surface area contributed by atoms with Gasteiger partial charge in [0.2, 0.25) is 11.9 Å². The first kappa shape index (κ1) is 15.0. The van der Waals surface area contributed by atoms with E-state index in [0.717, 1.165) is 13.0 Å². The number of hydrazine groups is 1. The van der Waals surface area contributed by atoms with Crippen molar-refractivity contribution in [1.29, 1.82) is 0 Å². The van der Waals surface area contributed by atoms with Crippen LogP contribution >= 0.6 is 0 Å². The van der Waals surface area contributed by atoms with Crippen molar-refractivity contribution in [3.63, 3.8) is 0 Å². The van der Waals surface area contributed by atoms with Gasteiger partial charge in [-0.1, -0.05) is 0 Å². The summed E-state index contributed by atoms with van der Waals surface area (Å²) in [6.45, 7) is 5.32. The molecule has 0 aliphatic carbocycles. The fourth-order valence-electron chi connectivity index (χ4n) is 1.64. The van der Waals surface area contributed by atoms with Crippen LogP contribution in [0.4, 0.5) is 11.9 Å². The molecule has 2 rings (SSSR count). The summed E-state index contributed by atoms with van der Waals surface area (Å²) in [7, 11) is 0. The number of rotatable bonds is 8. The third kappa shape index (κ3) is 4.88. The molecule has 0 unspecified atom stereocenters. The number of nitrogen functional groups attached to an aromatic ring is 1. The molecule has 2 aromatic rings. The highest BCUT2D eigenvalue weighted by molar-refractivity contribution is 5.34. The Kier molecular flexibility index (Phi) is 5.27. The summed E-state index contributed by atoms with van der Waals surface area (Å²) in [5.41, 5.74) is 2.40. The number of aromatic nitrogens is 5. The molecule has 0 fully saturated rings. The third-order valence-corrected chi connectivity index (χ3v) is 2.49. The van der Waals surface area contributed by atoms with E-state index in [4.69, 9.17) is 10.6 Å². The van der Waals surface area contributed by atoms with E-state index < -0.39 is 0 Å². The van der Waals surface area contributed by atoms with E-state index in [1.165, 1.54) is 0 Å². The first-order valence-electron chi connectivity index (χ1n) is 6.78. The Labute approximate surface area is 122 Å². The van der Waals surface area contributed by atoms with Crippen LogP contribution in [0.2, 0.25) is 0 Å². The third-order valence-electron chi connectivity index (χ3n) is 2.49. The minimum Gasteiger partial charge on any atom is -0.461 e. The van der Waals surface area contributed by atoms with E-state index in [1.54, 1.807) is 6.20 Å². The second kappa shape index (κ2) is 7.39. The van der Waals surface area contributed by atoms with Crippen LogP contribution in [0.1, 0.15) is 20.3 Å². The lowest BCUT2D eigenvalue weighted by molar-refractivity contribution is 0.222. The maximum absolute atomic E-state index is 5.45. The van der Waals surface area contributed by atoms with Crippen molar-refractivity contribution in [2.24, 2.45) is 5.84 Å². The lowest BCUT2D eigenvalue weighted by Crippen LogP contribution is -2.17. The van der Waals surface area contributed by atoms with Crippen molar-refractivity contribution in [2.45, 2.75) is 32.9 Å². The maximum Gasteiger partial charge on any atom is 0.323 e. The molecule has 21 heavy (non-hydrogen) atoms. The summed E-state index contributed by atoms with van der Waals surface area (Å²) in [4.78, 5) is 12.3. The number of hydrogen-bond donors (Lipinski definition) is 3. The van der Waals surface area contributed by atoms with E-state index in [9.17, 15) is 0 Å². The maximum atomic E-state index is 5.45. The molecule has 4 N–H and O–H groups in total. The minimum atomic E-state index is -0.0225. The van der Waals surface area contributed by atoms with Crippen LogP contribution in [0.3, 0.4) is 0 Å². The first-order valence-corrected chi connectivity index (χ1v) is 6.78. The molecule has 0 saturated carbocycles. The summed E-state index contributed by atoms with van der Waals surface area (Å²) in [6.07, 6.45) is 4.55. The molecule has 0 saturated heterocycles.